The Morgan fingerprint density at radius 1 is 1.00 bits per heavy atom. The zero-order valence-electron chi connectivity index (χ0n) is 9.77. The van der Waals surface area contributed by atoms with Gasteiger partial charge in [-0.15, -0.1) is 0 Å². The maximum atomic E-state index is 4.45. The third-order valence-electron chi connectivity index (χ3n) is 1.92. The van der Waals surface area contributed by atoms with E-state index >= 15 is 0 Å². The minimum atomic E-state index is 0.115. The van der Waals surface area contributed by atoms with Gasteiger partial charge in [-0.1, -0.05) is 32.6 Å². The Bertz CT molecular complexity index is 131. The summed E-state index contributed by atoms with van der Waals surface area (Å²) in [7, 11) is 0. The zero-order valence-corrected chi connectivity index (χ0v) is 9.77. The Hall–Kier alpha value is -0.330. The fraction of sp³-hybridized carbons (Fsp3) is 0.917. The van der Waals surface area contributed by atoms with E-state index in [0.717, 1.165) is 6.42 Å². The maximum absolute atomic E-state index is 4.45. The lowest BCUT2D eigenvalue weighted by Gasteiger charge is -2.10. The zero-order chi connectivity index (χ0) is 10.2. The molecule has 0 bridgehead atoms. The Labute approximate surface area is 83.6 Å². The van der Waals surface area contributed by atoms with Gasteiger partial charge in [-0.3, -0.25) is 4.99 Å². The molecule has 0 aromatic carbocycles. The van der Waals surface area contributed by atoms with Crippen molar-refractivity contribution in [1.29, 1.82) is 0 Å². The van der Waals surface area contributed by atoms with Crippen LogP contribution in [0.15, 0.2) is 4.99 Å². The highest BCUT2D eigenvalue weighted by molar-refractivity contribution is 5.57. The van der Waals surface area contributed by atoms with Crippen LogP contribution < -0.4 is 0 Å². The quantitative estimate of drug-likeness (QED) is 0.432. The predicted octanol–water partition coefficient (Wildman–Crippen LogP) is 4.22. The smallest absolute Gasteiger partial charge is 0.0520 e. The third kappa shape index (κ3) is 11.7. The van der Waals surface area contributed by atoms with Gasteiger partial charge in [-0.25, -0.2) is 0 Å². The third-order valence-corrected chi connectivity index (χ3v) is 1.92. The molecule has 0 unspecified atom stereocenters. The predicted molar refractivity (Wildman–Crippen MR) is 61.6 cm³/mol. The molecule has 0 fully saturated rings. The normalized spacial score (nSPS) is 12.6. The molecule has 0 aromatic rings. The molecule has 0 N–H and O–H groups in total. The maximum Gasteiger partial charge on any atom is 0.0520 e. The SMILES string of the molecule is CCCCCCCC=NC(C)(C)C. The molecular formula is C12H25N. The summed E-state index contributed by atoms with van der Waals surface area (Å²) in [5, 5.41) is 0. The van der Waals surface area contributed by atoms with E-state index < -0.39 is 0 Å². The molecule has 0 aliphatic heterocycles. The number of unbranched alkanes of at least 4 members (excludes halogenated alkanes) is 5. The van der Waals surface area contributed by atoms with Crippen molar-refractivity contribution in [2.45, 2.75) is 71.8 Å². The molecule has 0 saturated heterocycles. The van der Waals surface area contributed by atoms with Gasteiger partial charge in [0.2, 0.25) is 0 Å². The second-order valence-corrected chi connectivity index (χ2v) is 4.69. The summed E-state index contributed by atoms with van der Waals surface area (Å²) in [6.07, 6.45) is 10.0. The van der Waals surface area contributed by atoms with E-state index in [1.54, 1.807) is 0 Å². The number of nitrogens with zero attached hydrogens (tertiary/aromatic N) is 1. The summed E-state index contributed by atoms with van der Waals surface area (Å²) in [6, 6.07) is 0. The van der Waals surface area contributed by atoms with E-state index in [9.17, 15) is 0 Å². The van der Waals surface area contributed by atoms with Crippen molar-refractivity contribution in [3.05, 3.63) is 0 Å². The summed E-state index contributed by atoms with van der Waals surface area (Å²) in [5.41, 5.74) is 0.115. The van der Waals surface area contributed by atoms with E-state index in [-0.39, 0.29) is 5.54 Å². The average molecular weight is 183 g/mol. The van der Waals surface area contributed by atoms with Crippen LogP contribution in [0.25, 0.3) is 0 Å². The fourth-order valence-corrected chi connectivity index (χ4v) is 1.18. The van der Waals surface area contributed by atoms with Crippen LogP contribution in [0.4, 0.5) is 0 Å². The van der Waals surface area contributed by atoms with Gasteiger partial charge in [0, 0.05) is 0 Å². The van der Waals surface area contributed by atoms with Gasteiger partial charge in [-0.05, 0) is 39.8 Å². The first-order chi connectivity index (χ1) is 6.06. The molecule has 0 aliphatic rings. The number of hydrogen-bond acceptors (Lipinski definition) is 1. The van der Waals surface area contributed by atoms with Gasteiger partial charge >= 0.3 is 0 Å². The lowest BCUT2D eigenvalue weighted by atomic mass is 10.1. The molecular weight excluding hydrogens is 158 g/mol. The number of hydrogen-bond donors (Lipinski definition) is 0. The monoisotopic (exact) mass is 183 g/mol. The highest BCUT2D eigenvalue weighted by Crippen LogP contribution is 2.07. The lowest BCUT2D eigenvalue weighted by molar-refractivity contribution is 0.582. The van der Waals surface area contributed by atoms with E-state index in [0.29, 0.717) is 0 Å². The second-order valence-electron chi connectivity index (χ2n) is 4.69. The van der Waals surface area contributed by atoms with Crippen molar-refractivity contribution in [2.24, 2.45) is 4.99 Å². The van der Waals surface area contributed by atoms with Gasteiger partial charge in [0.05, 0.1) is 5.54 Å². The second kappa shape index (κ2) is 7.11. The van der Waals surface area contributed by atoms with Gasteiger partial charge in [0.25, 0.3) is 0 Å². The molecule has 0 heterocycles. The number of aliphatic imine (C=N–C) groups is 1. The largest absolute Gasteiger partial charge is 0.292 e. The van der Waals surface area contributed by atoms with Crippen LogP contribution in [0.3, 0.4) is 0 Å². The summed E-state index contributed by atoms with van der Waals surface area (Å²) in [5.74, 6) is 0. The summed E-state index contributed by atoms with van der Waals surface area (Å²) >= 11 is 0. The minimum Gasteiger partial charge on any atom is -0.292 e. The van der Waals surface area contributed by atoms with Crippen LogP contribution >= 0.6 is 0 Å². The summed E-state index contributed by atoms with van der Waals surface area (Å²) < 4.78 is 0. The first-order valence-corrected chi connectivity index (χ1v) is 5.60. The van der Waals surface area contributed by atoms with Crippen LogP contribution in [0.5, 0.6) is 0 Å². The molecule has 0 radical (unpaired) electrons. The highest BCUT2D eigenvalue weighted by atomic mass is 14.8. The summed E-state index contributed by atoms with van der Waals surface area (Å²) in [4.78, 5) is 4.45. The van der Waals surface area contributed by atoms with Crippen molar-refractivity contribution in [3.63, 3.8) is 0 Å². The Kier molecular flexibility index (Phi) is 6.93. The Morgan fingerprint density at radius 2 is 1.62 bits per heavy atom. The molecule has 0 amide bonds. The molecule has 13 heavy (non-hydrogen) atoms. The van der Waals surface area contributed by atoms with Crippen LogP contribution in [0, 0.1) is 0 Å². The molecule has 0 aromatic heterocycles. The van der Waals surface area contributed by atoms with Crippen LogP contribution in [-0.4, -0.2) is 11.8 Å². The van der Waals surface area contributed by atoms with Crippen molar-refractivity contribution in [1.82, 2.24) is 0 Å². The Morgan fingerprint density at radius 3 is 2.15 bits per heavy atom. The molecule has 1 heteroatoms. The topological polar surface area (TPSA) is 12.4 Å². The van der Waals surface area contributed by atoms with Crippen LogP contribution in [0.2, 0.25) is 0 Å². The molecule has 0 rings (SSSR count). The fourth-order valence-electron chi connectivity index (χ4n) is 1.18. The van der Waals surface area contributed by atoms with Crippen LogP contribution in [-0.2, 0) is 0 Å². The van der Waals surface area contributed by atoms with Crippen molar-refractivity contribution in [2.75, 3.05) is 0 Å². The van der Waals surface area contributed by atoms with E-state index in [2.05, 4.69) is 38.9 Å². The number of rotatable bonds is 6. The molecule has 1 nitrogen and oxygen atoms in total. The van der Waals surface area contributed by atoms with Gasteiger partial charge in [0.15, 0.2) is 0 Å². The highest BCUT2D eigenvalue weighted by Gasteiger charge is 2.03. The van der Waals surface area contributed by atoms with E-state index in [4.69, 9.17) is 0 Å². The molecule has 0 spiro atoms. The minimum absolute atomic E-state index is 0.115. The lowest BCUT2D eigenvalue weighted by Crippen LogP contribution is -2.09. The Balaban J connectivity index is 3.21. The molecule has 0 aliphatic carbocycles. The standard InChI is InChI=1S/C12H25N/c1-5-6-7-8-9-10-11-13-12(2,3)4/h11H,5-10H2,1-4H3. The summed E-state index contributed by atoms with van der Waals surface area (Å²) in [6.45, 7) is 8.67. The van der Waals surface area contributed by atoms with E-state index in [1.165, 1.54) is 32.1 Å². The molecule has 0 atom stereocenters. The van der Waals surface area contributed by atoms with Crippen molar-refractivity contribution < 1.29 is 0 Å². The van der Waals surface area contributed by atoms with Crippen molar-refractivity contribution >= 4 is 6.21 Å². The van der Waals surface area contributed by atoms with Gasteiger partial charge in [-0.2, -0.15) is 0 Å². The van der Waals surface area contributed by atoms with Crippen molar-refractivity contribution in [3.8, 4) is 0 Å². The van der Waals surface area contributed by atoms with E-state index in [1.807, 2.05) is 0 Å². The van der Waals surface area contributed by atoms with Crippen LogP contribution in [0.1, 0.15) is 66.2 Å². The average Bonchev–Trinajstić information content (AvgIpc) is 2.01. The first-order valence-electron chi connectivity index (χ1n) is 5.60. The molecule has 78 valence electrons. The van der Waals surface area contributed by atoms with Gasteiger partial charge < -0.3 is 0 Å². The molecule has 0 saturated carbocycles. The first kappa shape index (κ1) is 12.7. The van der Waals surface area contributed by atoms with Gasteiger partial charge in [0.1, 0.15) is 0 Å².